The van der Waals surface area contributed by atoms with Crippen LogP contribution in [0.3, 0.4) is 0 Å². The number of benzene rings is 1. The third kappa shape index (κ3) is 3.86. The quantitative estimate of drug-likeness (QED) is 0.522. The van der Waals surface area contributed by atoms with Gasteiger partial charge in [-0.3, -0.25) is 4.79 Å². The summed E-state index contributed by atoms with van der Waals surface area (Å²) < 4.78 is 11.3. The van der Waals surface area contributed by atoms with E-state index in [0.29, 0.717) is 31.7 Å². The van der Waals surface area contributed by atoms with Crippen LogP contribution in [0.25, 0.3) is 0 Å². The number of carbonyl (C=O) groups is 2. The zero-order chi connectivity index (χ0) is 19.7. The van der Waals surface area contributed by atoms with Crippen molar-refractivity contribution in [1.82, 2.24) is 4.90 Å². The van der Waals surface area contributed by atoms with E-state index in [0.717, 1.165) is 38.7 Å². The molecule has 0 unspecified atom stereocenters. The average molecular weight is 487 g/mol. The molecular weight excluding hydrogens is 461 g/mol. The van der Waals surface area contributed by atoms with Gasteiger partial charge in [0, 0.05) is 34.9 Å². The zero-order valence-electron chi connectivity index (χ0n) is 16.0. The Kier molecular flexibility index (Phi) is 6.43. The number of ether oxygens (including phenoxy) is 2. The van der Waals surface area contributed by atoms with Gasteiger partial charge in [0.2, 0.25) is 5.91 Å². The first kappa shape index (κ1) is 20.5. The molecule has 2 aliphatic heterocycles. The molecule has 1 saturated heterocycles. The summed E-state index contributed by atoms with van der Waals surface area (Å²) in [6, 6.07) is 0.224. The van der Waals surface area contributed by atoms with Gasteiger partial charge in [-0.1, -0.05) is 0 Å². The minimum absolute atomic E-state index is 0.106. The van der Waals surface area contributed by atoms with Crippen LogP contribution in [0.15, 0.2) is 0 Å². The maximum atomic E-state index is 12.9. The Morgan fingerprint density at radius 2 is 1.96 bits per heavy atom. The molecule has 1 fully saturated rings. The van der Waals surface area contributed by atoms with E-state index in [4.69, 9.17) is 9.47 Å². The van der Waals surface area contributed by atoms with Crippen LogP contribution in [-0.4, -0.2) is 47.7 Å². The second-order valence-corrected chi connectivity index (χ2v) is 8.21. The van der Waals surface area contributed by atoms with E-state index < -0.39 is 12.1 Å². The van der Waals surface area contributed by atoms with Crippen molar-refractivity contribution in [2.45, 2.75) is 58.7 Å². The van der Waals surface area contributed by atoms with Crippen LogP contribution >= 0.6 is 22.6 Å². The van der Waals surface area contributed by atoms with E-state index in [2.05, 4.69) is 22.6 Å². The molecule has 1 amide bonds. The van der Waals surface area contributed by atoms with E-state index in [-0.39, 0.29) is 18.6 Å². The highest BCUT2D eigenvalue weighted by molar-refractivity contribution is 14.1. The highest BCUT2D eigenvalue weighted by Gasteiger charge is 2.35. The van der Waals surface area contributed by atoms with Crippen LogP contribution in [0, 0.1) is 17.4 Å². The minimum atomic E-state index is -1.33. The molecule has 27 heavy (non-hydrogen) atoms. The summed E-state index contributed by atoms with van der Waals surface area (Å²) in [4.78, 5) is 26.9. The monoisotopic (exact) mass is 487 g/mol. The van der Waals surface area contributed by atoms with Crippen molar-refractivity contribution >= 4 is 34.5 Å². The standard InChI is InChI=1S/C20H26INO5/c1-4-27-20(25)19(24)17-11(2)14-9-16(23)22(13-5-7-26-8-6-13)10-15(14)12(3)18(17)21/h13,19,24H,4-10H2,1-3H3/t19-/m0/s1. The summed E-state index contributed by atoms with van der Waals surface area (Å²) in [5.74, 6) is -0.543. The molecule has 1 aromatic carbocycles. The zero-order valence-corrected chi connectivity index (χ0v) is 18.2. The van der Waals surface area contributed by atoms with Gasteiger partial charge in [-0.25, -0.2) is 4.79 Å². The van der Waals surface area contributed by atoms with Gasteiger partial charge in [-0.15, -0.1) is 0 Å². The molecule has 7 heteroatoms. The highest BCUT2D eigenvalue weighted by Crippen LogP contribution is 2.37. The summed E-state index contributed by atoms with van der Waals surface area (Å²) in [6.45, 7) is 7.79. The lowest BCUT2D eigenvalue weighted by Crippen LogP contribution is -2.46. The molecule has 2 aliphatic rings. The van der Waals surface area contributed by atoms with Gasteiger partial charge in [-0.2, -0.15) is 0 Å². The average Bonchev–Trinajstić information content (AvgIpc) is 2.67. The van der Waals surface area contributed by atoms with Gasteiger partial charge >= 0.3 is 5.97 Å². The van der Waals surface area contributed by atoms with Crippen LogP contribution in [0.4, 0.5) is 0 Å². The first-order valence-corrected chi connectivity index (χ1v) is 10.5. The predicted octanol–water partition coefficient (Wildman–Crippen LogP) is 2.57. The van der Waals surface area contributed by atoms with E-state index in [1.807, 2.05) is 18.7 Å². The second-order valence-electron chi connectivity index (χ2n) is 7.13. The molecule has 1 atom stereocenters. The number of hydrogen-bond donors (Lipinski definition) is 1. The molecule has 148 valence electrons. The Hall–Kier alpha value is -1.19. The van der Waals surface area contributed by atoms with E-state index >= 15 is 0 Å². The topological polar surface area (TPSA) is 76.1 Å². The first-order valence-electron chi connectivity index (χ1n) is 9.39. The van der Waals surface area contributed by atoms with E-state index in [1.165, 1.54) is 0 Å². The molecular formula is C20H26INO5. The molecule has 0 aliphatic carbocycles. The van der Waals surface area contributed by atoms with Gasteiger partial charge in [0.15, 0.2) is 6.10 Å². The SMILES string of the molecule is CCOC(=O)[C@@H](O)c1c(C)c2c(c(C)c1I)CN(C1CCOCC1)C(=O)C2. The fraction of sp³-hybridized carbons (Fsp3) is 0.600. The lowest BCUT2D eigenvalue weighted by Gasteiger charge is -2.39. The van der Waals surface area contributed by atoms with Crippen molar-refractivity contribution in [3.63, 3.8) is 0 Å². The summed E-state index contributed by atoms with van der Waals surface area (Å²) in [6.07, 6.45) is 0.717. The number of hydrogen-bond acceptors (Lipinski definition) is 5. The van der Waals surface area contributed by atoms with Crippen LogP contribution in [-0.2, 0) is 32.0 Å². The largest absolute Gasteiger partial charge is 0.464 e. The summed E-state index contributed by atoms with van der Waals surface area (Å²) >= 11 is 2.19. The Morgan fingerprint density at radius 1 is 1.30 bits per heavy atom. The van der Waals surface area contributed by atoms with Crippen LogP contribution in [0.1, 0.15) is 53.7 Å². The number of nitrogens with zero attached hydrogens (tertiary/aromatic N) is 1. The maximum Gasteiger partial charge on any atom is 0.339 e. The number of halogens is 1. The van der Waals surface area contributed by atoms with E-state index in [1.54, 1.807) is 6.92 Å². The minimum Gasteiger partial charge on any atom is -0.464 e. The number of amides is 1. The van der Waals surface area contributed by atoms with Crippen molar-refractivity contribution in [2.24, 2.45) is 0 Å². The maximum absolute atomic E-state index is 12.9. The number of aliphatic hydroxyl groups excluding tert-OH is 1. The molecule has 0 aromatic heterocycles. The molecule has 0 bridgehead atoms. The number of aliphatic hydroxyl groups is 1. The van der Waals surface area contributed by atoms with Crippen molar-refractivity contribution in [3.05, 3.63) is 31.4 Å². The van der Waals surface area contributed by atoms with Crippen LogP contribution < -0.4 is 0 Å². The Labute approximate surface area is 173 Å². The lowest BCUT2D eigenvalue weighted by atomic mass is 9.85. The smallest absolute Gasteiger partial charge is 0.339 e. The normalized spacial score (nSPS) is 19.0. The second kappa shape index (κ2) is 8.45. The fourth-order valence-corrected chi connectivity index (χ4v) is 5.10. The summed E-state index contributed by atoms with van der Waals surface area (Å²) in [5.41, 5.74) is 4.50. The third-order valence-electron chi connectivity index (χ3n) is 5.63. The molecule has 1 aromatic rings. The fourth-order valence-electron chi connectivity index (χ4n) is 4.07. The molecule has 0 radical (unpaired) electrons. The van der Waals surface area contributed by atoms with Gasteiger partial charge < -0.3 is 19.5 Å². The molecule has 3 rings (SSSR count). The van der Waals surface area contributed by atoms with Gasteiger partial charge in [-0.05, 0) is 78.5 Å². The Morgan fingerprint density at radius 3 is 2.59 bits per heavy atom. The predicted molar refractivity (Wildman–Crippen MR) is 108 cm³/mol. The van der Waals surface area contributed by atoms with Crippen molar-refractivity contribution < 1.29 is 24.2 Å². The molecule has 0 saturated carbocycles. The van der Waals surface area contributed by atoms with Gasteiger partial charge in [0.05, 0.1) is 13.0 Å². The number of rotatable bonds is 4. The van der Waals surface area contributed by atoms with Crippen LogP contribution in [0.2, 0.25) is 0 Å². The Bertz CT molecular complexity index is 757. The van der Waals surface area contributed by atoms with Crippen molar-refractivity contribution in [1.29, 1.82) is 0 Å². The van der Waals surface area contributed by atoms with Crippen molar-refractivity contribution in [2.75, 3.05) is 19.8 Å². The summed E-state index contributed by atoms with van der Waals surface area (Å²) in [5, 5.41) is 10.5. The molecule has 6 nitrogen and oxygen atoms in total. The number of fused-ring (bicyclic) bond motifs is 1. The third-order valence-corrected chi connectivity index (χ3v) is 7.02. The highest BCUT2D eigenvalue weighted by atomic mass is 127. The summed E-state index contributed by atoms with van der Waals surface area (Å²) in [7, 11) is 0. The van der Waals surface area contributed by atoms with Gasteiger partial charge in [0.1, 0.15) is 0 Å². The van der Waals surface area contributed by atoms with Crippen LogP contribution in [0.5, 0.6) is 0 Å². The van der Waals surface area contributed by atoms with Crippen molar-refractivity contribution in [3.8, 4) is 0 Å². The molecule has 2 heterocycles. The number of carbonyl (C=O) groups excluding carboxylic acids is 2. The lowest BCUT2D eigenvalue weighted by molar-refractivity contribution is -0.153. The first-order chi connectivity index (χ1) is 12.9. The molecule has 1 N–H and O–H groups in total. The van der Waals surface area contributed by atoms with E-state index in [9.17, 15) is 14.7 Å². The molecule has 0 spiro atoms. The number of esters is 1. The van der Waals surface area contributed by atoms with Gasteiger partial charge in [0.25, 0.3) is 0 Å². The Balaban J connectivity index is 1.99.